The minimum absolute atomic E-state index is 0.149. The summed E-state index contributed by atoms with van der Waals surface area (Å²) in [6.45, 7) is 1.44. The standard InChI is InChI=1S/C16H14N4O3/c1-10(21)18-13-5-3-12(4-6-13)15-19-14(16(22)23-15)7-11-8-17-20(2)9-11/h3-9H,1-2H3,(H,18,21)/b14-7-. The molecule has 0 saturated heterocycles. The minimum Gasteiger partial charge on any atom is -0.402 e. The van der Waals surface area contributed by atoms with Crippen molar-refractivity contribution in [2.75, 3.05) is 5.32 Å². The Morgan fingerprint density at radius 1 is 1.30 bits per heavy atom. The van der Waals surface area contributed by atoms with Crippen LogP contribution in [0.15, 0.2) is 47.3 Å². The number of ether oxygens (including phenoxy) is 1. The molecule has 1 aliphatic heterocycles. The lowest BCUT2D eigenvalue weighted by molar-refractivity contribution is -0.129. The number of esters is 1. The van der Waals surface area contributed by atoms with E-state index in [1.807, 2.05) is 0 Å². The number of nitrogens with zero attached hydrogens (tertiary/aromatic N) is 3. The van der Waals surface area contributed by atoms with Crippen LogP contribution in [0.5, 0.6) is 0 Å². The lowest BCUT2D eigenvalue weighted by Gasteiger charge is -2.03. The molecule has 1 aromatic heterocycles. The second kappa shape index (κ2) is 5.88. The van der Waals surface area contributed by atoms with Crippen LogP contribution >= 0.6 is 0 Å². The van der Waals surface area contributed by atoms with Crippen LogP contribution in [0.1, 0.15) is 18.1 Å². The van der Waals surface area contributed by atoms with Crippen molar-refractivity contribution in [3.05, 3.63) is 53.5 Å². The van der Waals surface area contributed by atoms with E-state index in [0.29, 0.717) is 11.3 Å². The highest BCUT2D eigenvalue weighted by molar-refractivity contribution is 6.13. The fraction of sp³-hybridized carbons (Fsp3) is 0.125. The Labute approximate surface area is 132 Å². The molecule has 0 unspecified atom stereocenters. The summed E-state index contributed by atoms with van der Waals surface area (Å²) in [7, 11) is 1.79. The molecule has 116 valence electrons. The number of aromatic nitrogens is 2. The van der Waals surface area contributed by atoms with Gasteiger partial charge in [-0.2, -0.15) is 5.10 Å². The van der Waals surface area contributed by atoms with Gasteiger partial charge in [-0.05, 0) is 30.3 Å². The van der Waals surface area contributed by atoms with Crippen molar-refractivity contribution >= 4 is 29.5 Å². The number of hydrogen-bond donors (Lipinski definition) is 1. The fourth-order valence-electron chi connectivity index (χ4n) is 2.10. The second-order valence-corrected chi connectivity index (χ2v) is 5.04. The van der Waals surface area contributed by atoms with Gasteiger partial charge in [0.05, 0.1) is 6.20 Å². The van der Waals surface area contributed by atoms with E-state index in [9.17, 15) is 9.59 Å². The molecule has 1 aliphatic rings. The van der Waals surface area contributed by atoms with Crippen LogP contribution in [0, 0.1) is 0 Å². The van der Waals surface area contributed by atoms with E-state index >= 15 is 0 Å². The zero-order valence-corrected chi connectivity index (χ0v) is 12.6. The Balaban J connectivity index is 1.83. The van der Waals surface area contributed by atoms with Gasteiger partial charge in [-0.3, -0.25) is 9.48 Å². The number of benzene rings is 1. The van der Waals surface area contributed by atoms with Gasteiger partial charge in [0.25, 0.3) is 0 Å². The van der Waals surface area contributed by atoms with Crippen LogP contribution in [0.2, 0.25) is 0 Å². The number of anilines is 1. The number of hydrogen-bond acceptors (Lipinski definition) is 5. The van der Waals surface area contributed by atoms with Crippen LogP contribution < -0.4 is 5.32 Å². The third-order valence-electron chi connectivity index (χ3n) is 3.10. The maximum Gasteiger partial charge on any atom is 0.363 e. The lowest BCUT2D eigenvalue weighted by atomic mass is 10.2. The average molecular weight is 310 g/mol. The highest BCUT2D eigenvalue weighted by Gasteiger charge is 2.24. The molecular weight excluding hydrogens is 296 g/mol. The summed E-state index contributed by atoms with van der Waals surface area (Å²) < 4.78 is 6.83. The monoisotopic (exact) mass is 310 g/mol. The molecule has 0 bridgehead atoms. The summed E-state index contributed by atoms with van der Waals surface area (Å²) in [4.78, 5) is 27.1. The molecule has 3 rings (SSSR count). The zero-order chi connectivity index (χ0) is 16.4. The number of rotatable bonds is 3. The summed E-state index contributed by atoms with van der Waals surface area (Å²) in [5.74, 6) is -0.418. The van der Waals surface area contributed by atoms with Gasteiger partial charge in [-0.15, -0.1) is 0 Å². The topological polar surface area (TPSA) is 85.6 Å². The number of nitrogens with one attached hydrogen (secondary N) is 1. The van der Waals surface area contributed by atoms with Gasteiger partial charge in [0.1, 0.15) is 0 Å². The van der Waals surface area contributed by atoms with E-state index in [1.165, 1.54) is 6.92 Å². The first-order valence-electron chi connectivity index (χ1n) is 6.90. The predicted molar refractivity (Wildman–Crippen MR) is 84.6 cm³/mol. The highest BCUT2D eigenvalue weighted by Crippen LogP contribution is 2.20. The summed E-state index contributed by atoms with van der Waals surface area (Å²) in [5.41, 5.74) is 2.31. The summed E-state index contributed by atoms with van der Waals surface area (Å²) in [6, 6.07) is 6.89. The summed E-state index contributed by atoms with van der Waals surface area (Å²) in [5, 5.41) is 6.70. The van der Waals surface area contributed by atoms with Crippen molar-refractivity contribution in [1.82, 2.24) is 9.78 Å². The molecule has 0 aliphatic carbocycles. The molecule has 0 spiro atoms. The third kappa shape index (κ3) is 3.34. The average Bonchev–Trinajstić information content (AvgIpc) is 3.06. The van der Waals surface area contributed by atoms with Crippen molar-refractivity contribution in [3.8, 4) is 0 Å². The van der Waals surface area contributed by atoms with E-state index in [0.717, 1.165) is 5.56 Å². The van der Waals surface area contributed by atoms with E-state index in [4.69, 9.17) is 4.74 Å². The number of aryl methyl sites for hydroxylation is 1. The Kier molecular flexibility index (Phi) is 3.76. The summed E-state index contributed by atoms with van der Waals surface area (Å²) >= 11 is 0. The van der Waals surface area contributed by atoms with Crippen LogP contribution in [0.4, 0.5) is 5.69 Å². The maximum atomic E-state index is 11.9. The Morgan fingerprint density at radius 3 is 2.65 bits per heavy atom. The van der Waals surface area contributed by atoms with Gasteiger partial charge < -0.3 is 10.1 Å². The molecule has 23 heavy (non-hydrogen) atoms. The van der Waals surface area contributed by atoms with E-state index < -0.39 is 5.97 Å². The normalized spacial score (nSPS) is 15.5. The van der Waals surface area contributed by atoms with E-state index in [-0.39, 0.29) is 17.5 Å². The molecule has 0 saturated carbocycles. The number of carbonyl (C=O) groups is 2. The van der Waals surface area contributed by atoms with Crippen LogP contribution in [0.3, 0.4) is 0 Å². The van der Waals surface area contributed by atoms with Gasteiger partial charge in [0, 0.05) is 37.0 Å². The maximum absolute atomic E-state index is 11.9. The van der Waals surface area contributed by atoms with Crippen LogP contribution in [0.25, 0.3) is 6.08 Å². The molecular formula is C16H14N4O3. The first-order chi connectivity index (χ1) is 11.0. The lowest BCUT2D eigenvalue weighted by Crippen LogP contribution is -2.07. The van der Waals surface area contributed by atoms with Crippen LogP contribution in [-0.4, -0.2) is 27.6 Å². The number of amides is 1. The molecule has 7 heteroatoms. The first-order valence-corrected chi connectivity index (χ1v) is 6.90. The Hall–Kier alpha value is -3.22. The minimum atomic E-state index is -0.505. The molecule has 1 N–H and O–H groups in total. The van der Waals surface area contributed by atoms with Crippen molar-refractivity contribution in [2.24, 2.45) is 12.0 Å². The van der Waals surface area contributed by atoms with Gasteiger partial charge >= 0.3 is 5.97 Å². The fourth-order valence-corrected chi connectivity index (χ4v) is 2.10. The molecule has 1 amide bonds. The smallest absolute Gasteiger partial charge is 0.363 e. The number of aliphatic imine (C=N–C) groups is 1. The first kappa shape index (κ1) is 14.7. The van der Waals surface area contributed by atoms with E-state index in [1.54, 1.807) is 54.5 Å². The van der Waals surface area contributed by atoms with Crippen molar-refractivity contribution in [3.63, 3.8) is 0 Å². The molecule has 1 aromatic carbocycles. The molecule has 0 radical (unpaired) electrons. The van der Waals surface area contributed by atoms with Crippen molar-refractivity contribution in [1.29, 1.82) is 0 Å². The van der Waals surface area contributed by atoms with Gasteiger partial charge in [0.15, 0.2) is 5.70 Å². The number of cyclic esters (lactones) is 1. The second-order valence-electron chi connectivity index (χ2n) is 5.04. The number of carbonyl (C=O) groups excluding carboxylic acids is 2. The molecule has 0 atom stereocenters. The van der Waals surface area contributed by atoms with Crippen LogP contribution in [-0.2, 0) is 21.4 Å². The molecule has 2 aromatic rings. The summed E-state index contributed by atoms with van der Waals surface area (Å²) in [6.07, 6.45) is 5.03. The molecule has 2 heterocycles. The van der Waals surface area contributed by atoms with Gasteiger partial charge in [-0.25, -0.2) is 9.79 Å². The molecule has 0 fully saturated rings. The Morgan fingerprint density at radius 2 is 2.04 bits per heavy atom. The van der Waals surface area contributed by atoms with E-state index in [2.05, 4.69) is 15.4 Å². The van der Waals surface area contributed by atoms with Crippen molar-refractivity contribution < 1.29 is 14.3 Å². The van der Waals surface area contributed by atoms with Gasteiger partial charge in [0.2, 0.25) is 11.8 Å². The Bertz CT molecular complexity index is 831. The zero-order valence-electron chi connectivity index (χ0n) is 12.6. The quantitative estimate of drug-likeness (QED) is 0.691. The van der Waals surface area contributed by atoms with Gasteiger partial charge in [-0.1, -0.05) is 0 Å². The van der Waals surface area contributed by atoms with Crippen molar-refractivity contribution in [2.45, 2.75) is 6.92 Å². The largest absolute Gasteiger partial charge is 0.402 e. The predicted octanol–water partition coefficient (Wildman–Crippen LogP) is 1.72. The third-order valence-corrected chi connectivity index (χ3v) is 3.10. The highest BCUT2D eigenvalue weighted by atomic mass is 16.6. The SMILES string of the molecule is CC(=O)Nc1ccc(C2=N/C(=C\c3cnn(C)c3)C(=O)O2)cc1. The molecule has 7 nitrogen and oxygen atoms in total.